The van der Waals surface area contributed by atoms with E-state index in [1.165, 1.54) is 0 Å². The third kappa shape index (κ3) is 5.69. The normalized spacial score (nSPS) is 18.4. The number of hydrogen-bond acceptors (Lipinski definition) is 6. The number of nitrogens with zero attached hydrogens (tertiary/aromatic N) is 2. The summed E-state index contributed by atoms with van der Waals surface area (Å²) in [6.07, 6.45) is 2.15. The minimum atomic E-state index is -1.01. The van der Waals surface area contributed by atoms with Crippen molar-refractivity contribution in [3.8, 4) is 0 Å². The fraction of sp³-hybridized carbons (Fsp3) is 0.500. The Morgan fingerprint density at radius 3 is 2.45 bits per heavy atom. The molecule has 1 fully saturated rings. The highest BCUT2D eigenvalue weighted by atomic mass is 16.5. The van der Waals surface area contributed by atoms with E-state index < -0.39 is 42.5 Å². The molecular formula is C20H28N4O5. The molecule has 0 saturated carbocycles. The molecule has 9 nitrogen and oxygen atoms in total. The van der Waals surface area contributed by atoms with Crippen molar-refractivity contribution in [3.63, 3.8) is 0 Å². The van der Waals surface area contributed by atoms with Crippen molar-refractivity contribution >= 4 is 35.2 Å². The van der Waals surface area contributed by atoms with Gasteiger partial charge in [0.15, 0.2) is 6.61 Å². The van der Waals surface area contributed by atoms with Crippen molar-refractivity contribution in [2.45, 2.75) is 38.6 Å². The van der Waals surface area contributed by atoms with Crippen molar-refractivity contribution in [3.05, 3.63) is 24.3 Å². The molecule has 1 atom stereocenters. The fourth-order valence-electron chi connectivity index (χ4n) is 2.95. The highest BCUT2D eigenvalue weighted by Gasteiger charge is 2.47. The second kappa shape index (κ2) is 9.40. The number of ether oxygens (including phenoxy) is 1. The third-order valence-electron chi connectivity index (χ3n) is 4.69. The van der Waals surface area contributed by atoms with Crippen LogP contribution >= 0.6 is 0 Å². The van der Waals surface area contributed by atoms with Gasteiger partial charge in [-0.3, -0.25) is 19.3 Å². The molecule has 29 heavy (non-hydrogen) atoms. The number of carbonyl (C=O) groups is 4. The van der Waals surface area contributed by atoms with Gasteiger partial charge in [0.2, 0.25) is 0 Å². The molecule has 0 unspecified atom stereocenters. The molecule has 0 aliphatic carbocycles. The second-order valence-electron chi connectivity index (χ2n) is 7.41. The van der Waals surface area contributed by atoms with Crippen LogP contribution < -0.4 is 15.5 Å². The van der Waals surface area contributed by atoms with Crippen LogP contribution in [0, 0.1) is 0 Å². The van der Waals surface area contributed by atoms with Gasteiger partial charge in [0, 0.05) is 25.5 Å². The van der Waals surface area contributed by atoms with Gasteiger partial charge in [-0.1, -0.05) is 19.8 Å². The average Bonchev–Trinajstić information content (AvgIpc) is 2.88. The lowest BCUT2D eigenvalue weighted by Gasteiger charge is -2.21. The standard InChI is InChI=1S/C20H28N4O5/c1-5-6-11-20(2)18(27)24(19(28)22-20)12-17(26)29-13-16(25)21-14-7-9-15(10-8-14)23(3)4/h7-10H,5-6,11-13H2,1-4H3,(H,21,25)(H,22,28)/t20-/m1/s1. The summed E-state index contributed by atoms with van der Waals surface area (Å²) in [5.41, 5.74) is 0.537. The first-order valence-electron chi connectivity index (χ1n) is 9.53. The second-order valence-corrected chi connectivity index (χ2v) is 7.41. The van der Waals surface area contributed by atoms with E-state index >= 15 is 0 Å². The van der Waals surface area contributed by atoms with Crippen LogP contribution in [0.2, 0.25) is 0 Å². The molecular weight excluding hydrogens is 376 g/mol. The van der Waals surface area contributed by atoms with Crippen LogP contribution in [-0.2, 0) is 19.1 Å². The van der Waals surface area contributed by atoms with Crippen molar-refractivity contribution in [2.24, 2.45) is 0 Å². The summed E-state index contributed by atoms with van der Waals surface area (Å²) in [5.74, 6) is -1.80. The quantitative estimate of drug-likeness (QED) is 0.479. The Labute approximate surface area is 170 Å². The van der Waals surface area contributed by atoms with E-state index in [0.717, 1.165) is 23.4 Å². The molecule has 0 radical (unpaired) electrons. The average molecular weight is 404 g/mol. The number of amides is 4. The van der Waals surface area contributed by atoms with Gasteiger partial charge >= 0.3 is 12.0 Å². The van der Waals surface area contributed by atoms with Gasteiger partial charge in [-0.05, 0) is 37.6 Å². The first-order chi connectivity index (χ1) is 13.7. The Hall–Kier alpha value is -3.10. The summed E-state index contributed by atoms with van der Waals surface area (Å²) in [5, 5.41) is 5.24. The Balaban J connectivity index is 1.82. The molecule has 0 bridgehead atoms. The number of carbonyl (C=O) groups excluding carboxylic acids is 4. The molecule has 0 spiro atoms. The highest BCUT2D eigenvalue weighted by Crippen LogP contribution is 2.23. The van der Waals surface area contributed by atoms with Crippen LogP contribution in [0.4, 0.5) is 16.2 Å². The molecule has 9 heteroatoms. The minimum Gasteiger partial charge on any atom is -0.454 e. The predicted molar refractivity (Wildman–Crippen MR) is 109 cm³/mol. The molecule has 1 aliphatic heterocycles. The number of rotatable bonds is 9. The van der Waals surface area contributed by atoms with Crippen LogP contribution in [0.1, 0.15) is 33.1 Å². The number of imide groups is 1. The zero-order valence-corrected chi connectivity index (χ0v) is 17.3. The maximum Gasteiger partial charge on any atom is 0.326 e. The summed E-state index contributed by atoms with van der Waals surface area (Å²) in [6.45, 7) is 2.59. The van der Waals surface area contributed by atoms with Crippen LogP contribution in [0.3, 0.4) is 0 Å². The number of nitrogens with one attached hydrogen (secondary N) is 2. The zero-order valence-electron chi connectivity index (χ0n) is 17.3. The smallest absolute Gasteiger partial charge is 0.326 e. The third-order valence-corrected chi connectivity index (χ3v) is 4.69. The Kier molecular flexibility index (Phi) is 7.19. The fourth-order valence-corrected chi connectivity index (χ4v) is 2.95. The van der Waals surface area contributed by atoms with Crippen LogP contribution in [0.5, 0.6) is 0 Å². The van der Waals surface area contributed by atoms with Gasteiger partial charge in [0.05, 0.1) is 0 Å². The van der Waals surface area contributed by atoms with E-state index in [4.69, 9.17) is 4.74 Å². The molecule has 1 saturated heterocycles. The van der Waals surface area contributed by atoms with Gasteiger partial charge in [-0.25, -0.2) is 4.79 Å². The van der Waals surface area contributed by atoms with E-state index in [1.807, 2.05) is 38.1 Å². The Bertz CT molecular complexity index is 778. The van der Waals surface area contributed by atoms with E-state index in [0.29, 0.717) is 12.1 Å². The lowest BCUT2D eigenvalue weighted by molar-refractivity contribution is -0.150. The lowest BCUT2D eigenvalue weighted by Crippen LogP contribution is -2.44. The molecule has 4 amide bonds. The highest BCUT2D eigenvalue weighted by molar-refractivity contribution is 6.08. The summed E-state index contributed by atoms with van der Waals surface area (Å²) in [7, 11) is 3.82. The molecule has 1 aromatic rings. The van der Waals surface area contributed by atoms with Crippen molar-refractivity contribution in [2.75, 3.05) is 37.5 Å². The number of anilines is 2. The topological polar surface area (TPSA) is 108 Å². The van der Waals surface area contributed by atoms with Crippen molar-refractivity contribution in [1.82, 2.24) is 10.2 Å². The number of hydrogen-bond donors (Lipinski definition) is 2. The lowest BCUT2D eigenvalue weighted by atomic mass is 9.95. The van der Waals surface area contributed by atoms with Crippen LogP contribution in [-0.4, -0.2) is 61.5 Å². The zero-order chi connectivity index (χ0) is 21.6. The van der Waals surface area contributed by atoms with Gasteiger partial charge in [0.25, 0.3) is 11.8 Å². The summed E-state index contributed by atoms with van der Waals surface area (Å²) < 4.78 is 4.91. The largest absolute Gasteiger partial charge is 0.454 e. The Morgan fingerprint density at radius 1 is 1.21 bits per heavy atom. The van der Waals surface area contributed by atoms with Crippen LogP contribution in [0.25, 0.3) is 0 Å². The maximum absolute atomic E-state index is 12.5. The number of urea groups is 1. The van der Waals surface area contributed by atoms with Gasteiger partial charge in [-0.15, -0.1) is 0 Å². The van der Waals surface area contributed by atoms with E-state index in [2.05, 4.69) is 10.6 Å². The molecule has 158 valence electrons. The Morgan fingerprint density at radius 2 is 1.86 bits per heavy atom. The summed E-state index contributed by atoms with van der Waals surface area (Å²) in [6, 6.07) is 6.53. The molecule has 1 heterocycles. The van der Waals surface area contributed by atoms with Gasteiger partial charge in [-0.2, -0.15) is 0 Å². The first-order valence-corrected chi connectivity index (χ1v) is 9.53. The molecule has 1 aliphatic rings. The molecule has 1 aromatic carbocycles. The number of esters is 1. The maximum atomic E-state index is 12.5. The predicted octanol–water partition coefficient (Wildman–Crippen LogP) is 1.73. The van der Waals surface area contributed by atoms with Gasteiger partial charge < -0.3 is 20.3 Å². The molecule has 2 N–H and O–H groups in total. The van der Waals surface area contributed by atoms with Gasteiger partial charge in [0.1, 0.15) is 12.1 Å². The molecule has 0 aromatic heterocycles. The summed E-state index contributed by atoms with van der Waals surface area (Å²) in [4.78, 5) is 51.3. The molecule has 2 rings (SSSR count). The van der Waals surface area contributed by atoms with E-state index in [1.54, 1.807) is 19.1 Å². The SMILES string of the molecule is CCCC[C@@]1(C)NC(=O)N(CC(=O)OCC(=O)Nc2ccc(N(C)C)cc2)C1=O. The van der Waals surface area contributed by atoms with Crippen molar-refractivity contribution in [1.29, 1.82) is 0 Å². The number of benzene rings is 1. The monoisotopic (exact) mass is 404 g/mol. The van der Waals surface area contributed by atoms with Crippen molar-refractivity contribution < 1.29 is 23.9 Å². The van der Waals surface area contributed by atoms with Crippen LogP contribution in [0.15, 0.2) is 24.3 Å². The first kappa shape index (κ1) is 22.2. The summed E-state index contributed by atoms with van der Waals surface area (Å²) >= 11 is 0. The van der Waals surface area contributed by atoms with E-state index in [-0.39, 0.29) is 0 Å². The number of unbranched alkanes of at least 4 members (excludes halogenated alkanes) is 1. The minimum absolute atomic E-state index is 0.460. The van der Waals surface area contributed by atoms with E-state index in [9.17, 15) is 19.2 Å².